The summed E-state index contributed by atoms with van der Waals surface area (Å²) in [4.78, 5) is 15.1. The first-order valence-electron chi connectivity index (χ1n) is 5.39. The van der Waals surface area contributed by atoms with Crippen molar-refractivity contribution < 1.29 is 13.7 Å². The zero-order valence-electron chi connectivity index (χ0n) is 10.3. The van der Waals surface area contributed by atoms with Crippen LogP contribution in [-0.4, -0.2) is 37.3 Å². The lowest BCUT2D eigenvalue weighted by Crippen LogP contribution is -2.19. The minimum absolute atomic E-state index is 0.156. The van der Waals surface area contributed by atoms with E-state index in [2.05, 4.69) is 14.8 Å². The van der Waals surface area contributed by atoms with Crippen molar-refractivity contribution in [1.82, 2.24) is 14.8 Å². The van der Waals surface area contributed by atoms with E-state index in [0.717, 1.165) is 0 Å². The zero-order chi connectivity index (χ0) is 12.8. The molecule has 0 aliphatic carbocycles. The molecule has 0 aliphatic rings. The Bertz CT molecular complexity index is 405. The topological polar surface area (TPSA) is 74.1 Å². The lowest BCUT2D eigenvalue weighted by Gasteiger charge is -2.09. The van der Waals surface area contributed by atoms with Gasteiger partial charge in [-0.05, 0) is 6.92 Å². The molecule has 0 bridgehead atoms. The van der Waals surface area contributed by atoms with Gasteiger partial charge < -0.3 is 4.74 Å². The maximum absolute atomic E-state index is 12.0. The lowest BCUT2D eigenvalue weighted by atomic mass is 10.3. The third kappa shape index (κ3) is 3.92. The molecule has 0 aliphatic heterocycles. The second kappa shape index (κ2) is 6.48. The predicted molar refractivity (Wildman–Crippen MR) is 63.6 cm³/mol. The Labute approximate surface area is 103 Å². The number of aromatic nitrogens is 3. The molecule has 1 heterocycles. The van der Waals surface area contributed by atoms with Gasteiger partial charge in [0.05, 0.1) is 19.3 Å². The molecule has 0 N–H and O–H groups in total. The number of rotatable bonds is 6. The van der Waals surface area contributed by atoms with Gasteiger partial charge in [0.2, 0.25) is 0 Å². The second-order valence-corrected chi connectivity index (χ2v) is 5.46. The number of hydrogen-bond donors (Lipinski definition) is 0. The van der Waals surface area contributed by atoms with Crippen LogP contribution in [0.1, 0.15) is 26.1 Å². The average molecular weight is 259 g/mol. The van der Waals surface area contributed by atoms with Crippen molar-refractivity contribution in [1.29, 1.82) is 0 Å². The van der Waals surface area contributed by atoms with Crippen LogP contribution in [0.5, 0.6) is 0 Å². The highest BCUT2D eigenvalue weighted by Gasteiger charge is 2.18. The number of hydrogen-bond acceptors (Lipinski definition) is 5. The average Bonchev–Trinajstić information content (AvgIpc) is 2.75. The molecule has 1 aromatic rings. The van der Waals surface area contributed by atoms with Crippen LogP contribution >= 0.6 is 0 Å². The van der Waals surface area contributed by atoms with Crippen LogP contribution in [0.2, 0.25) is 0 Å². The van der Waals surface area contributed by atoms with E-state index in [9.17, 15) is 9.00 Å². The molecule has 7 heteroatoms. The van der Waals surface area contributed by atoms with E-state index in [0.29, 0.717) is 18.1 Å². The van der Waals surface area contributed by atoms with Crippen molar-refractivity contribution in [3.63, 3.8) is 0 Å². The van der Waals surface area contributed by atoms with Crippen molar-refractivity contribution >= 4 is 16.8 Å². The van der Waals surface area contributed by atoms with Gasteiger partial charge in [-0.1, -0.05) is 6.92 Å². The van der Waals surface area contributed by atoms with Gasteiger partial charge in [0.25, 0.3) is 0 Å². The van der Waals surface area contributed by atoms with Crippen LogP contribution in [0.25, 0.3) is 0 Å². The second-order valence-electron chi connectivity index (χ2n) is 3.61. The molecule has 0 radical (unpaired) electrons. The van der Waals surface area contributed by atoms with Gasteiger partial charge in [-0.2, -0.15) is 5.10 Å². The highest BCUT2D eigenvalue weighted by atomic mass is 32.2. The molecule has 17 heavy (non-hydrogen) atoms. The van der Waals surface area contributed by atoms with Crippen LogP contribution in [-0.2, 0) is 32.6 Å². The molecule has 0 saturated carbocycles. The largest absolute Gasteiger partial charge is 0.469 e. The van der Waals surface area contributed by atoms with Gasteiger partial charge >= 0.3 is 5.97 Å². The molecule has 96 valence electrons. The maximum Gasteiger partial charge on any atom is 0.306 e. The molecule has 0 fully saturated rings. The lowest BCUT2D eigenvalue weighted by molar-refractivity contribution is -0.140. The third-order valence-electron chi connectivity index (χ3n) is 2.40. The first-order valence-corrected chi connectivity index (χ1v) is 6.77. The van der Waals surface area contributed by atoms with E-state index in [-0.39, 0.29) is 17.6 Å². The normalized spacial score (nSPS) is 14.3. The summed E-state index contributed by atoms with van der Waals surface area (Å²) in [6.07, 6.45) is 1.60. The monoisotopic (exact) mass is 259 g/mol. The smallest absolute Gasteiger partial charge is 0.306 e. The van der Waals surface area contributed by atoms with Gasteiger partial charge in [-0.3, -0.25) is 9.00 Å². The van der Waals surface area contributed by atoms with Crippen molar-refractivity contribution in [2.45, 2.75) is 37.8 Å². The van der Waals surface area contributed by atoms with Gasteiger partial charge in [-0.25, -0.2) is 9.67 Å². The Morgan fingerprint density at radius 1 is 1.65 bits per heavy atom. The van der Waals surface area contributed by atoms with Gasteiger partial charge in [0.1, 0.15) is 12.2 Å². The van der Waals surface area contributed by atoms with Crippen LogP contribution in [0, 0.1) is 0 Å². The molecule has 1 rings (SSSR count). The van der Waals surface area contributed by atoms with Crippen molar-refractivity contribution in [2.24, 2.45) is 0 Å². The minimum atomic E-state index is -1.15. The predicted octanol–water partition coefficient (Wildman–Crippen LogP) is 0.498. The highest BCUT2D eigenvalue weighted by molar-refractivity contribution is 7.84. The minimum Gasteiger partial charge on any atom is -0.469 e. The fourth-order valence-electron chi connectivity index (χ4n) is 1.34. The molecule has 2 atom stereocenters. The van der Waals surface area contributed by atoms with Crippen molar-refractivity contribution in [2.75, 3.05) is 7.11 Å². The zero-order valence-corrected chi connectivity index (χ0v) is 11.1. The van der Waals surface area contributed by atoms with E-state index >= 15 is 0 Å². The summed E-state index contributed by atoms with van der Waals surface area (Å²) >= 11 is 0. The van der Waals surface area contributed by atoms with E-state index in [1.165, 1.54) is 13.4 Å². The molecule has 6 nitrogen and oxygen atoms in total. The van der Waals surface area contributed by atoms with Crippen LogP contribution in [0.3, 0.4) is 0 Å². The molecule has 0 saturated heterocycles. The van der Waals surface area contributed by atoms with E-state index < -0.39 is 10.8 Å². The first-order chi connectivity index (χ1) is 8.08. The summed E-state index contributed by atoms with van der Waals surface area (Å²) in [5, 5.41) is 3.76. The molecule has 0 spiro atoms. The SMILES string of the molecule is CCn1ncnc1CS(=O)C(C)CC(=O)OC. The number of nitrogens with zero attached hydrogens (tertiary/aromatic N) is 3. The first kappa shape index (κ1) is 13.8. The number of carbonyl (C=O) groups excluding carboxylic acids is 1. The van der Waals surface area contributed by atoms with Crippen LogP contribution < -0.4 is 0 Å². The highest BCUT2D eigenvalue weighted by Crippen LogP contribution is 2.08. The Kier molecular flexibility index (Phi) is 5.27. The molecule has 0 aromatic carbocycles. The van der Waals surface area contributed by atoms with Crippen LogP contribution in [0.4, 0.5) is 0 Å². The summed E-state index contributed by atoms with van der Waals surface area (Å²) in [7, 11) is 0.173. The standard InChI is InChI=1S/C10H17N3O3S/c1-4-13-9(11-7-12-13)6-17(15)8(2)5-10(14)16-3/h7-8H,4-6H2,1-3H3. The van der Waals surface area contributed by atoms with E-state index in [1.54, 1.807) is 11.6 Å². The fraction of sp³-hybridized carbons (Fsp3) is 0.700. The van der Waals surface area contributed by atoms with E-state index in [1.807, 2.05) is 6.92 Å². The number of ether oxygens (including phenoxy) is 1. The third-order valence-corrected chi connectivity index (χ3v) is 4.00. The molecular formula is C10H17N3O3S. The molecule has 2 unspecified atom stereocenters. The Balaban J connectivity index is 2.57. The summed E-state index contributed by atoms with van der Waals surface area (Å²) in [5.41, 5.74) is 0. The molecule has 1 aromatic heterocycles. The number of aryl methyl sites for hydroxylation is 1. The van der Waals surface area contributed by atoms with E-state index in [4.69, 9.17) is 0 Å². The van der Waals surface area contributed by atoms with Crippen LogP contribution in [0.15, 0.2) is 6.33 Å². The summed E-state index contributed by atoms with van der Waals surface area (Å²) < 4.78 is 18.2. The Hall–Kier alpha value is -1.24. The van der Waals surface area contributed by atoms with Crippen molar-refractivity contribution in [3.05, 3.63) is 12.2 Å². The van der Waals surface area contributed by atoms with Gasteiger partial charge in [-0.15, -0.1) is 0 Å². The quantitative estimate of drug-likeness (QED) is 0.695. The molecular weight excluding hydrogens is 242 g/mol. The van der Waals surface area contributed by atoms with Gasteiger partial charge in [0, 0.05) is 22.6 Å². The Morgan fingerprint density at radius 2 is 2.35 bits per heavy atom. The molecule has 0 amide bonds. The summed E-state index contributed by atoms with van der Waals surface area (Å²) in [5.74, 6) is 0.650. The summed E-state index contributed by atoms with van der Waals surface area (Å²) in [6, 6.07) is 0. The maximum atomic E-state index is 12.0. The number of esters is 1. The van der Waals surface area contributed by atoms with Gasteiger partial charge in [0.15, 0.2) is 0 Å². The Morgan fingerprint density at radius 3 is 2.94 bits per heavy atom. The summed E-state index contributed by atoms with van der Waals surface area (Å²) in [6.45, 7) is 4.40. The fourth-order valence-corrected chi connectivity index (χ4v) is 2.43. The number of carbonyl (C=O) groups is 1. The number of methoxy groups -OCH3 is 1. The van der Waals surface area contributed by atoms with Crippen molar-refractivity contribution in [3.8, 4) is 0 Å².